The molecule has 1 N–H and O–H groups in total. The van der Waals surface area contributed by atoms with Crippen LogP contribution in [0.4, 0.5) is 0 Å². The van der Waals surface area contributed by atoms with Gasteiger partial charge in [0.25, 0.3) is 0 Å². The summed E-state index contributed by atoms with van der Waals surface area (Å²) >= 11 is 0. The predicted octanol–water partition coefficient (Wildman–Crippen LogP) is 5.80. The van der Waals surface area contributed by atoms with Gasteiger partial charge in [0.15, 0.2) is 11.4 Å². The summed E-state index contributed by atoms with van der Waals surface area (Å²) < 4.78 is 11.4. The van der Waals surface area contributed by atoms with Gasteiger partial charge >= 0.3 is 0 Å². The molecule has 32 heavy (non-hydrogen) atoms. The number of aliphatic hydroxyl groups is 1. The summed E-state index contributed by atoms with van der Waals surface area (Å²) in [4.78, 5) is 0. The molecule has 0 saturated carbocycles. The van der Waals surface area contributed by atoms with Crippen LogP contribution in [0.1, 0.15) is 58.9 Å². The molecule has 1 aliphatic rings. The molecular formula is C28H27NO3. The Morgan fingerprint density at radius 1 is 0.938 bits per heavy atom. The van der Waals surface area contributed by atoms with Crippen molar-refractivity contribution in [3.8, 4) is 5.75 Å². The normalized spacial score (nSPS) is 18.2. The highest BCUT2D eigenvalue weighted by atomic mass is 16.5. The number of ether oxygens (including phenoxy) is 1. The summed E-state index contributed by atoms with van der Waals surface area (Å²) in [6.07, 6.45) is 1.88. The molecule has 2 unspecified atom stereocenters. The first-order chi connectivity index (χ1) is 15.6. The van der Waals surface area contributed by atoms with E-state index in [0.717, 1.165) is 35.4 Å². The highest BCUT2D eigenvalue weighted by Crippen LogP contribution is 2.46. The van der Waals surface area contributed by atoms with Crippen molar-refractivity contribution in [2.45, 2.75) is 37.2 Å². The minimum Gasteiger partial charge on any atom is -0.496 e. The number of benzene rings is 3. The maximum atomic E-state index is 12.0. The average Bonchev–Trinajstić information content (AvgIpc) is 3.35. The van der Waals surface area contributed by atoms with Crippen LogP contribution in [0, 0.1) is 0 Å². The summed E-state index contributed by atoms with van der Waals surface area (Å²) in [5.41, 5.74) is 3.55. The zero-order chi connectivity index (χ0) is 22.1. The Morgan fingerprint density at radius 2 is 1.59 bits per heavy atom. The molecule has 4 aromatic rings. The van der Waals surface area contributed by atoms with Crippen molar-refractivity contribution in [3.05, 3.63) is 119 Å². The Morgan fingerprint density at radius 3 is 2.22 bits per heavy atom. The van der Waals surface area contributed by atoms with Gasteiger partial charge in [-0.3, -0.25) is 0 Å². The summed E-state index contributed by atoms with van der Waals surface area (Å²) in [6.45, 7) is 2.23. The molecule has 3 aromatic carbocycles. The molecular weight excluding hydrogens is 398 g/mol. The van der Waals surface area contributed by atoms with Gasteiger partial charge < -0.3 is 14.4 Å². The highest BCUT2D eigenvalue weighted by Gasteiger charge is 2.39. The molecule has 162 valence electrons. The van der Waals surface area contributed by atoms with Crippen LogP contribution < -0.4 is 4.74 Å². The van der Waals surface area contributed by atoms with Crippen molar-refractivity contribution in [2.75, 3.05) is 7.11 Å². The number of hydrogen-bond donors (Lipinski definition) is 1. The SMILES string of the molecule is COc1cccc2c1CCC(c1cc(C(O)(c3ccccc3)c3ccccc3)on1)C2C. The molecule has 0 amide bonds. The standard InChI is InChI=1S/C28H27NO3/c1-19-22-14-9-15-26(31-2)24(22)17-16-23(19)25-18-27(32-29-25)28(30,20-10-5-3-6-11-20)21-12-7-4-8-13-21/h3-15,18-19,23,30H,16-17H2,1-2H3. The van der Waals surface area contributed by atoms with Gasteiger partial charge in [-0.25, -0.2) is 0 Å². The number of fused-ring (bicyclic) bond motifs is 1. The lowest BCUT2D eigenvalue weighted by Crippen LogP contribution is -2.28. The van der Waals surface area contributed by atoms with Crippen molar-refractivity contribution in [1.29, 1.82) is 0 Å². The molecule has 4 nitrogen and oxygen atoms in total. The van der Waals surface area contributed by atoms with Crippen LogP contribution >= 0.6 is 0 Å². The van der Waals surface area contributed by atoms with Crippen molar-refractivity contribution >= 4 is 0 Å². The highest BCUT2D eigenvalue weighted by molar-refractivity contribution is 5.47. The fourth-order valence-corrected chi connectivity index (χ4v) is 5.08. The smallest absolute Gasteiger partial charge is 0.177 e. The fourth-order valence-electron chi connectivity index (χ4n) is 5.08. The summed E-state index contributed by atoms with van der Waals surface area (Å²) in [6, 6.07) is 27.4. The molecule has 1 aromatic heterocycles. The van der Waals surface area contributed by atoms with Gasteiger partial charge in [-0.15, -0.1) is 0 Å². The average molecular weight is 426 g/mol. The van der Waals surface area contributed by atoms with Gasteiger partial charge in [0.05, 0.1) is 12.8 Å². The van der Waals surface area contributed by atoms with E-state index in [1.807, 2.05) is 78.9 Å². The molecule has 1 aliphatic carbocycles. The van der Waals surface area contributed by atoms with Crippen LogP contribution in [0.3, 0.4) is 0 Å². The zero-order valence-corrected chi connectivity index (χ0v) is 18.4. The van der Waals surface area contributed by atoms with Gasteiger partial charge in [0, 0.05) is 12.0 Å². The number of nitrogens with zero attached hydrogens (tertiary/aromatic N) is 1. The van der Waals surface area contributed by atoms with E-state index in [2.05, 4.69) is 18.1 Å². The van der Waals surface area contributed by atoms with Gasteiger partial charge in [-0.2, -0.15) is 0 Å². The van der Waals surface area contributed by atoms with Crippen LogP contribution in [0.15, 0.2) is 89.5 Å². The van der Waals surface area contributed by atoms with Crippen LogP contribution in [-0.2, 0) is 12.0 Å². The van der Waals surface area contributed by atoms with Gasteiger partial charge in [0.2, 0.25) is 0 Å². The Kier molecular flexibility index (Phi) is 5.32. The minimum absolute atomic E-state index is 0.211. The quantitative estimate of drug-likeness (QED) is 0.439. The first-order valence-electron chi connectivity index (χ1n) is 11.1. The lowest BCUT2D eigenvalue weighted by Gasteiger charge is -2.31. The summed E-state index contributed by atoms with van der Waals surface area (Å²) in [5, 5.41) is 16.4. The molecule has 0 aliphatic heterocycles. The molecule has 0 bridgehead atoms. The predicted molar refractivity (Wildman–Crippen MR) is 124 cm³/mol. The van der Waals surface area contributed by atoms with E-state index in [0.29, 0.717) is 5.76 Å². The number of methoxy groups -OCH3 is 1. The number of rotatable bonds is 5. The topological polar surface area (TPSA) is 55.5 Å². The van der Waals surface area contributed by atoms with E-state index in [-0.39, 0.29) is 11.8 Å². The van der Waals surface area contributed by atoms with Gasteiger partial charge in [0.1, 0.15) is 5.75 Å². The molecule has 5 rings (SSSR count). The van der Waals surface area contributed by atoms with E-state index in [4.69, 9.17) is 9.26 Å². The second kappa shape index (κ2) is 8.29. The zero-order valence-electron chi connectivity index (χ0n) is 18.4. The molecule has 2 atom stereocenters. The van der Waals surface area contributed by atoms with Crippen LogP contribution in [0.2, 0.25) is 0 Å². The molecule has 0 saturated heterocycles. The summed E-state index contributed by atoms with van der Waals surface area (Å²) in [7, 11) is 1.73. The third-order valence-electron chi connectivity index (χ3n) is 6.84. The minimum atomic E-state index is -1.41. The van der Waals surface area contributed by atoms with E-state index in [1.165, 1.54) is 11.1 Å². The van der Waals surface area contributed by atoms with Crippen molar-refractivity contribution in [2.24, 2.45) is 0 Å². The third kappa shape index (κ3) is 3.32. The Labute approximate surface area is 188 Å². The summed E-state index contributed by atoms with van der Waals surface area (Å²) in [5.74, 6) is 1.88. The second-order valence-electron chi connectivity index (χ2n) is 8.52. The van der Waals surface area contributed by atoms with E-state index >= 15 is 0 Å². The molecule has 0 spiro atoms. The Balaban J connectivity index is 1.55. The lowest BCUT2D eigenvalue weighted by molar-refractivity contribution is 0.0906. The maximum Gasteiger partial charge on any atom is 0.177 e. The first kappa shape index (κ1) is 20.5. The van der Waals surface area contributed by atoms with Gasteiger partial charge in [-0.05, 0) is 47.1 Å². The van der Waals surface area contributed by atoms with Crippen LogP contribution in [0.25, 0.3) is 0 Å². The third-order valence-corrected chi connectivity index (χ3v) is 6.84. The monoisotopic (exact) mass is 425 g/mol. The largest absolute Gasteiger partial charge is 0.496 e. The van der Waals surface area contributed by atoms with Crippen LogP contribution in [0.5, 0.6) is 5.75 Å². The number of aromatic nitrogens is 1. The van der Waals surface area contributed by atoms with E-state index < -0.39 is 5.60 Å². The van der Waals surface area contributed by atoms with Crippen molar-refractivity contribution < 1.29 is 14.4 Å². The Bertz CT molecular complexity index is 1160. The molecule has 0 radical (unpaired) electrons. The van der Waals surface area contributed by atoms with Crippen LogP contribution in [-0.4, -0.2) is 17.4 Å². The van der Waals surface area contributed by atoms with E-state index in [1.54, 1.807) is 7.11 Å². The van der Waals surface area contributed by atoms with Crippen molar-refractivity contribution in [1.82, 2.24) is 5.16 Å². The fraction of sp³-hybridized carbons (Fsp3) is 0.250. The molecule has 4 heteroatoms. The van der Waals surface area contributed by atoms with Gasteiger partial charge in [-0.1, -0.05) is 84.9 Å². The van der Waals surface area contributed by atoms with E-state index in [9.17, 15) is 5.11 Å². The second-order valence-corrected chi connectivity index (χ2v) is 8.52. The number of hydrogen-bond acceptors (Lipinski definition) is 4. The maximum absolute atomic E-state index is 12.0. The molecule has 1 heterocycles. The first-order valence-corrected chi connectivity index (χ1v) is 11.1. The Hall–Kier alpha value is -3.37. The molecule has 0 fully saturated rings. The van der Waals surface area contributed by atoms with Crippen molar-refractivity contribution in [3.63, 3.8) is 0 Å². The lowest BCUT2D eigenvalue weighted by atomic mass is 9.74.